The zero-order chi connectivity index (χ0) is 13.4. The summed E-state index contributed by atoms with van der Waals surface area (Å²) in [5.74, 6) is 0. The van der Waals surface area contributed by atoms with Crippen LogP contribution in [0, 0.1) is 0 Å². The molecule has 0 aliphatic rings. The highest BCUT2D eigenvalue weighted by atomic mass is 15.1. The molecule has 1 aromatic carbocycles. The van der Waals surface area contributed by atoms with Gasteiger partial charge in [0.25, 0.3) is 0 Å². The Balaban J connectivity index is 2.80. The van der Waals surface area contributed by atoms with Crippen LogP contribution in [0.1, 0.15) is 5.56 Å². The fourth-order valence-electron chi connectivity index (χ4n) is 1.43. The fraction of sp³-hybridized carbons (Fsp3) is 0.188. The van der Waals surface area contributed by atoms with E-state index < -0.39 is 0 Å². The van der Waals surface area contributed by atoms with Gasteiger partial charge < -0.3 is 4.90 Å². The van der Waals surface area contributed by atoms with Crippen LogP contribution in [-0.2, 0) is 0 Å². The minimum absolute atomic E-state index is 1.04. The largest absolute Gasteiger partial charge is 0.378 e. The molecule has 0 aromatic heterocycles. The Morgan fingerprint density at radius 1 is 1.22 bits per heavy atom. The molecule has 2 heteroatoms. The van der Waals surface area contributed by atoms with Gasteiger partial charge in [-0.3, -0.25) is 4.99 Å². The summed E-state index contributed by atoms with van der Waals surface area (Å²) in [4.78, 5) is 6.00. The summed E-state index contributed by atoms with van der Waals surface area (Å²) in [7, 11) is 5.82. The molecule has 0 aliphatic heterocycles. The first-order valence-electron chi connectivity index (χ1n) is 5.87. The van der Waals surface area contributed by atoms with Gasteiger partial charge in [-0.2, -0.15) is 0 Å². The van der Waals surface area contributed by atoms with Crippen molar-refractivity contribution in [3.63, 3.8) is 0 Å². The smallest absolute Gasteiger partial charge is 0.0361 e. The van der Waals surface area contributed by atoms with Gasteiger partial charge in [-0.1, -0.05) is 36.9 Å². The first-order chi connectivity index (χ1) is 8.67. The molecule has 0 atom stereocenters. The fourth-order valence-corrected chi connectivity index (χ4v) is 1.43. The molecule has 0 heterocycles. The van der Waals surface area contributed by atoms with Gasteiger partial charge in [-0.25, -0.2) is 0 Å². The zero-order valence-electron chi connectivity index (χ0n) is 11.3. The molecule has 0 aliphatic carbocycles. The molecule has 2 nitrogen and oxygen atoms in total. The van der Waals surface area contributed by atoms with Crippen LogP contribution < -0.4 is 4.90 Å². The van der Waals surface area contributed by atoms with E-state index in [4.69, 9.17) is 0 Å². The Bertz CT molecular complexity index is 462. The van der Waals surface area contributed by atoms with Crippen molar-refractivity contribution in [2.24, 2.45) is 4.99 Å². The van der Waals surface area contributed by atoms with Crippen LogP contribution >= 0.6 is 0 Å². The van der Waals surface area contributed by atoms with Crippen molar-refractivity contribution < 1.29 is 0 Å². The Morgan fingerprint density at radius 3 is 2.39 bits per heavy atom. The number of allylic oxidation sites excluding steroid dienone is 4. The Labute approximate surface area is 110 Å². The number of anilines is 1. The Kier molecular flexibility index (Phi) is 5.65. The maximum Gasteiger partial charge on any atom is 0.0361 e. The second-order valence-electron chi connectivity index (χ2n) is 4.10. The summed E-state index contributed by atoms with van der Waals surface area (Å²) in [5.41, 5.74) is 3.41. The highest BCUT2D eigenvalue weighted by Gasteiger charge is 1.93. The lowest BCUT2D eigenvalue weighted by molar-refractivity contribution is 1.13. The number of aliphatic imine (C=N–C) groups is 1. The van der Waals surface area contributed by atoms with E-state index in [-0.39, 0.29) is 0 Å². The van der Waals surface area contributed by atoms with Crippen molar-refractivity contribution in [3.05, 3.63) is 60.2 Å². The number of hydrogen-bond acceptors (Lipinski definition) is 2. The SMILES string of the molecule is C=CC(/C=C/c1ccc(N(C)C)cc1)=C\C=N\C. The van der Waals surface area contributed by atoms with Gasteiger partial charge in [0.15, 0.2) is 0 Å². The highest BCUT2D eigenvalue weighted by molar-refractivity contribution is 5.74. The molecule has 0 fully saturated rings. The topological polar surface area (TPSA) is 15.6 Å². The molecule has 0 saturated carbocycles. The van der Waals surface area contributed by atoms with E-state index in [1.165, 1.54) is 11.3 Å². The molecular formula is C16H20N2. The lowest BCUT2D eigenvalue weighted by Gasteiger charge is -2.11. The molecule has 0 spiro atoms. The number of hydrogen-bond donors (Lipinski definition) is 0. The van der Waals surface area contributed by atoms with Gasteiger partial charge in [0, 0.05) is 33.0 Å². The van der Waals surface area contributed by atoms with Crippen molar-refractivity contribution in [3.8, 4) is 0 Å². The summed E-state index contributed by atoms with van der Waals surface area (Å²) in [5, 5.41) is 0. The monoisotopic (exact) mass is 240 g/mol. The average molecular weight is 240 g/mol. The van der Waals surface area contributed by atoms with Crippen molar-refractivity contribution >= 4 is 18.0 Å². The normalized spacial score (nSPS) is 12.3. The van der Waals surface area contributed by atoms with Gasteiger partial charge in [-0.05, 0) is 29.3 Å². The molecule has 0 N–H and O–H groups in total. The minimum atomic E-state index is 1.04. The first-order valence-corrected chi connectivity index (χ1v) is 5.87. The number of rotatable bonds is 5. The molecular weight excluding hydrogens is 220 g/mol. The molecule has 0 amide bonds. The lowest BCUT2D eigenvalue weighted by Crippen LogP contribution is -2.07. The molecule has 0 unspecified atom stereocenters. The van der Waals surface area contributed by atoms with E-state index in [1.54, 1.807) is 13.3 Å². The van der Waals surface area contributed by atoms with Gasteiger partial charge in [0.1, 0.15) is 0 Å². The Hall–Kier alpha value is -2.09. The maximum absolute atomic E-state index is 3.92. The van der Waals surface area contributed by atoms with E-state index >= 15 is 0 Å². The van der Waals surface area contributed by atoms with Crippen molar-refractivity contribution in [2.75, 3.05) is 26.0 Å². The van der Waals surface area contributed by atoms with E-state index in [0.29, 0.717) is 0 Å². The van der Waals surface area contributed by atoms with Crippen LogP contribution in [0.25, 0.3) is 6.08 Å². The maximum atomic E-state index is 3.92. The number of nitrogens with zero attached hydrogens (tertiary/aromatic N) is 2. The highest BCUT2D eigenvalue weighted by Crippen LogP contribution is 2.13. The Morgan fingerprint density at radius 2 is 1.89 bits per heavy atom. The standard InChI is InChI=1S/C16H20N2/c1-5-14(12-13-17-2)6-7-15-8-10-16(11-9-15)18(3)4/h5-13H,1H2,2-4H3/b7-6+,14-12+,17-13+. The van der Waals surface area contributed by atoms with Crippen LogP contribution in [0.2, 0.25) is 0 Å². The third-order valence-corrected chi connectivity index (χ3v) is 2.53. The molecule has 1 rings (SSSR count). The van der Waals surface area contributed by atoms with Crippen LogP contribution in [0.5, 0.6) is 0 Å². The lowest BCUT2D eigenvalue weighted by atomic mass is 10.1. The summed E-state index contributed by atoms with van der Waals surface area (Å²) in [6.07, 6.45) is 9.59. The number of benzene rings is 1. The van der Waals surface area contributed by atoms with Gasteiger partial charge in [0.05, 0.1) is 0 Å². The first kappa shape index (κ1) is 14.0. The predicted octanol–water partition coefficient (Wildman–Crippen LogP) is 3.58. The van der Waals surface area contributed by atoms with Gasteiger partial charge >= 0.3 is 0 Å². The van der Waals surface area contributed by atoms with Crippen LogP contribution in [0.4, 0.5) is 5.69 Å². The third kappa shape index (κ3) is 4.42. The quantitative estimate of drug-likeness (QED) is 0.567. The second kappa shape index (κ2) is 7.28. The minimum Gasteiger partial charge on any atom is -0.378 e. The van der Waals surface area contributed by atoms with Crippen LogP contribution in [0.15, 0.2) is 59.6 Å². The molecule has 1 aromatic rings. The zero-order valence-corrected chi connectivity index (χ0v) is 11.3. The molecule has 94 valence electrons. The van der Waals surface area contributed by atoms with Crippen molar-refractivity contribution in [2.45, 2.75) is 0 Å². The van der Waals surface area contributed by atoms with Crippen molar-refractivity contribution in [1.29, 1.82) is 0 Å². The van der Waals surface area contributed by atoms with E-state index in [9.17, 15) is 0 Å². The predicted molar refractivity (Wildman–Crippen MR) is 82.5 cm³/mol. The average Bonchev–Trinajstić information content (AvgIpc) is 2.39. The van der Waals surface area contributed by atoms with Crippen molar-refractivity contribution in [1.82, 2.24) is 0 Å². The summed E-state index contributed by atoms with van der Waals surface area (Å²) < 4.78 is 0. The molecule has 0 radical (unpaired) electrons. The molecule has 18 heavy (non-hydrogen) atoms. The third-order valence-electron chi connectivity index (χ3n) is 2.53. The summed E-state index contributed by atoms with van der Waals surface area (Å²) in [6.45, 7) is 3.78. The molecule has 0 saturated heterocycles. The van der Waals surface area contributed by atoms with Gasteiger partial charge in [0.2, 0.25) is 0 Å². The van der Waals surface area contributed by atoms with E-state index in [1.807, 2.05) is 32.3 Å². The summed E-state index contributed by atoms with van der Waals surface area (Å²) >= 11 is 0. The molecule has 0 bridgehead atoms. The summed E-state index contributed by atoms with van der Waals surface area (Å²) in [6, 6.07) is 8.40. The van der Waals surface area contributed by atoms with E-state index in [0.717, 1.165) is 5.57 Å². The van der Waals surface area contributed by atoms with Crippen LogP contribution in [-0.4, -0.2) is 27.4 Å². The van der Waals surface area contributed by atoms with E-state index in [2.05, 4.69) is 46.8 Å². The van der Waals surface area contributed by atoms with Crippen LogP contribution in [0.3, 0.4) is 0 Å². The van der Waals surface area contributed by atoms with Gasteiger partial charge in [-0.15, -0.1) is 0 Å². The second-order valence-corrected chi connectivity index (χ2v) is 4.10.